The Morgan fingerprint density at radius 1 is 1.38 bits per heavy atom. The third-order valence-electron chi connectivity index (χ3n) is 2.61. The van der Waals surface area contributed by atoms with E-state index in [2.05, 4.69) is 33.3 Å². The van der Waals surface area contributed by atoms with Gasteiger partial charge in [0.1, 0.15) is 0 Å². The molecule has 1 heterocycles. The zero-order valence-electron chi connectivity index (χ0n) is 7.88. The molecule has 1 atom stereocenters. The highest BCUT2D eigenvalue weighted by Gasteiger charge is 2.13. The molecule has 0 aliphatic carbocycles. The third kappa shape index (κ3) is 1.70. The number of hydrogen-bond donors (Lipinski definition) is 1. The maximum Gasteiger partial charge on any atom is 0.0390 e. The van der Waals surface area contributed by atoms with Gasteiger partial charge in [-0.05, 0) is 42.0 Å². The molecule has 13 heavy (non-hydrogen) atoms. The number of nitrogens with zero attached hydrogens (tertiary/aromatic N) is 1. The molecule has 2 nitrogen and oxygen atoms in total. The van der Waals surface area contributed by atoms with Gasteiger partial charge >= 0.3 is 0 Å². The van der Waals surface area contributed by atoms with Crippen LogP contribution in [0.1, 0.15) is 11.1 Å². The van der Waals surface area contributed by atoms with Crippen LogP contribution >= 0.6 is 9.24 Å². The van der Waals surface area contributed by atoms with Gasteiger partial charge in [-0.15, -0.1) is 9.24 Å². The van der Waals surface area contributed by atoms with Crippen molar-refractivity contribution in [3.05, 3.63) is 23.3 Å². The lowest BCUT2D eigenvalue weighted by Gasteiger charge is -2.25. The molecule has 1 aromatic carbocycles. The SMILES string of the molecule is CN1CCc2cc(P)c(N)cc2C1. The van der Waals surface area contributed by atoms with Gasteiger partial charge in [0.05, 0.1) is 0 Å². The molecule has 2 N–H and O–H groups in total. The third-order valence-corrected chi connectivity index (χ3v) is 3.11. The summed E-state index contributed by atoms with van der Waals surface area (Å²) in [6.45, 7) is 2.19. The fourth-order valence-electron chi connectivity index (χ4n) is 1.79. The fraction of sp³-hybridized carbons (Fsp3) is 0.400. The second-order valence-electron chi connectivity index (χ2n) is 3.74. The van der Waals surface area contributed by atoms with Crippen molar-refractivity contribution in [1.29, 1.82) is 0 Å². The minimum atomic E-state index is 0.888. The molecule has 0 amide bonds. The normalized spacial score (nSPS) is 17.1. The van der Waals surface area contributed by atoms with E-state index in [4.69, 9.17) is 5.73 Å². The first-order valence-corrected chi connectivity index (χ1v) is 5.10. The summed E-state index contributed by atoms with van der Waals surface area (Å²) in [6.07, 6.45) is 1.15. The Labute approximate surface area is 81.3 Å². The summed E-state index contributed by atoms with van der Waals surface area (Å²) in [5, 5.41) is 1.13. The van der Waals surface area contributed by atoms with Gasteiger partial charge in [-0.2, -0.15) is 0 Å². The van der Waals surface area contributed by atoms with Gasteiger partial charge in [0, 0.05) is 18.8 Å². The number of anilines is 1. The van der Waals surface area contributed by atoms with Crippen LogP contribution in [0.15, 0.2) is 12.1 Å². The average Bonchev–Trinajstić information content (AvgIpc) is 2.08. The van der Waals surface area contributed by atoms with Gasteiger partial charge in [0.15, 0.2) is 0 Å². The second-order valence-corrected chi connectivity index (χ2v) is 4.36. The van der Waals surface area contributed by atoms with E-state index < -0.39 is 0 Å². The highest BCUT2D eigenvalue weighted by atomic mass is 31.0. The minimum absolute atomic E-state index is 0.888. The number of likely N-dealkylation sites (N-methyl/N-ethyl adjacent to an activating group) is 1. The predicted octanol–water partition coefficient (Wildman–Crippen LogP) is 0.757. The first kappa shape index (κ1) is 8.98. The van der Waals surface area contributed by atoms with Crippen LogP contribution in [0.5, 0.6) is 0 Å². The topological polar surface area (TPSA) is 29.3 Å². The molecule has 1 aliphatic rings. The average molecular weight is 194 g/mol. The Morgan fingerprint density at radius 2 is 2.15 bits per heavy atom. The molecule has 0 bridgehead atoms. The van der Waals surface area contributed by atoms with Crippen molar-refractivity contribution in [2.24, 2.45) is 0 Å². The lowest BCUT2D eigenvalue weighted by atomic mass is 9.99. The summed E-state index contributed by atoms with van der Waals surface area (Å²) in [4.78, 5) is 2.32. The smallest absolute Gasteiger partial charge is 0.0390 e. The summed E-state index contributed by atoms with van der Waals surface area (Å²) < 4.78 is 0. The number of rotatable bonds is 0. The summed E-state index contributed by atoms with van der Waals surface area (Å²) >= 11 is 0. The molecule has 1 unspecified atom stereocenters. The lowest BCUT2D eigenvalue weighted by Crippen LogP contribution is -2.27. The molecule has 1 aromatic rings. The van der Waals surface area contributed by atoms with E-state index in [0.717, 1.165) is 30.5 Å². The molecule has 0 saturated heterocycles. The van der Waals surface area contributed by atoms with Crippen molar-refractivity contribution >= 4 is 20.2 Å². The largest absolute Gasteiger partial charge is 0.398 e. The number of fused-ring (bicyclic) bond motifs is 1. The van der Waals surface area contributed by atoms with Crippen LogP contribution in [0.2, 0.25) is 0 Å². The molecule has 0 spiro atoms. The van der Waals surface area contributed by atoms with Gasteiger partial charge in [-0.1, -0.05) is 0 Å². The Bertz CT molecular complexity index is 336. The number of nitrogen functional groups attached to an aromatic ring is 1. The Hall–Kier alpha value is -0.590. The molecule has 3 heteroatoms. The maximum absolute atomic E-state index is 5.85. The van der Waals surface area contributed by atoms with Crippen molar-refractivity contribution in [3.8, 4) is 0 Å². The van der Waals surface area contributed by atoms with Crippen LogP contribution < -0.4 is 11.0 Å². The van der Waals surface area contributed by atoms with E-state index in [1.807, 2.05) is 0 Å². The van der Waals surface area contributed by atoms with Gasteiger partial charge in [0.25, 0.3) is 0 Å². The zero-order valence-corrected chi connectivity index (χ0v) is 9.03. The van der Waals surface area contributed by atoms with Crippen LogP contribution in [-0.4, -0.2) is 18.5 Å². The molecule has 0 radical (unpaired) electrons. The monoisotopic (exact) mass is 194 g/mol. The number of benzene rings is 1. The maximum atomic E-state index is 5.85. The van der Waals surface area contributed by atoms with Gasteiger partial charge in [-0.3, -0.25) is 0 Å². The summed E-state index contributed by atoms with van der Waals surface area (Å²) in [5.41, 5.74) is 9.58. The zero-order chi connectivity index (χ0) is 9.42. The van der Waals surface area contributed by atoms with E-state index in [-0.39, 0.29) is 0 Å². The fourth-order valence-corrected chi connectivity index (χ4v) is 2.07. The Morgan fingerprint density at radius 3 is 2.92 bits per heavy atom. The highest BCUT2D eigenvalue weighted by molar-refractivity contribution is 7.28. The Kier molecular flexibility index (Phi) is 2.27. The van der Waals surface area contributed by atoms with Crippen LogP contribution in [0.3, 0.4) is 0 Å². The van der Waals surface area contributed by atoms with E-state index in [9.17, 15) is 0 Å². The van der Waals surface area contributed by atoms with Crippen molar-refractivity contribution < 1.29 is 0 Å². The predicted molar refractivity (Wildman–Crippen MR) is 60.2 cm³/mol. The Balaban J connectivity index is 2.43. The summed E-state index contributed by atoms with van der Waals surface area (Å²) in [5.74, 6) is 0. The summed E-state index contributed by atoms with van der Waals surface area (Å²) in [6, 6.07) is 4.30. The molecular formula is C10H15N2P. The van der Waals surface area contributed by atoms with Crippen molar-refractivity contribution in [2.45, 2.75) is 13.0 Å². The molecule has 2 rings (SSSR count). The quantitative estimate of drug-likeness (QED) is 0.488. The van der Waals surface area contributed by atoms with Crippen molar-refractivity contribution in [2.75, 3.05) is 19.3 Å². The molecule has 0 fully saturated rings. The molecule has 1 aliphatic heterocycles. The van der Waals surface area contributed by atoms with E-state index in [1.54, 1.807) is 0 Å². The lowest BCUT2D eigenvalue weighted by molar-refractivity contribution is 0.313. The van der Waals surface area contributed by atoms with Crippen LogP contribution in [0.25, 0.3) is 0 Å². The van der Waals surface area contributed by atoms with Gasteiger partial charge in [-0.25, -0.2) is 0 Å². The standard InChI is InChI=1S/C10H15N2P/c1-12-3-2-7-5-10(13)9(11)4-8(7)6-12/h4-5H,2-3,6,11,13H2,1H3. The highest BCUT2D eigenvalue weighted by Crippen LogP contribution is 2.20. The van der Waals surface area contributed by atoms with Crippen LogP contribution in [-0.2, 0) is 13.0 Å². The first-order valence-electron chi connectivity index (χ1n) is 4.52. The number of nitrogens with two attached hydrogens (primary N) is 1. The van der Waals surface area contributed by atoms with Crippen molar-refractivity contribution in [1.82, 2.24) is 4.90 Å². The van der Waals surface area contributed by atoms with Crippen molar-refractivity contribution in [3.63, 3.8) is 0 Å². The van der Waals surface area contributed by atoms with E-state index in [1.165, 1.54) is 11.1 Å². The van der Waals surface area contributed by atoms with Gasteiger partial charge < -0.3 is 10.6 Å². The van der Waals surface area contributed by atoms with E-state index >= 15 is 0 Å². The molecular weight excluding hydrogens is 179 g/mol. The number of hydrogen-bond acceptors (Lipinski definition) is 2. The summed E-state index contributed by atoms with van der Waals surface area (Å²) in [7, 11) is 4.83. The van der Waals surface area contributed by atoms with Gasteiger partial charge in [0.2, 0.25) is 0 Å². The van der Waals surface area contributed by atoms with Crippen LogP contribution in [0, 0.1) is 0 Å². The molecule has 0 saturated carbocycles. The second kappa shape index (κ2) is 3.28. The molecule has 70 valence electrons. The molecule has 0 aromatic heterocycles. The first-order chi connectivity index (χ1) is 6.16. The van der Waals surface area contributed by atoms with Crippen LogP contribution in [0.4, 0.5) is 5.69 Å². The minimum Gasteiger partial charge on any atom is -0.398 e. The van der Waals surface area contributed by atoms with E-state index in [0.29, 0.717) is 0 Å².